The van der Waals surface area contributed by atoms with E-state index < -0.39 is 0 Å². The normalized spacial score (nSPS) is 11.6. The fourth-order valence-electron chi connectivity index (χ4n) is 5.34. The third-order valence-electron chi connectivity index (χ3n) is 6.79. The molecule has 1 heteroatoms. The lowest BCUT2D eigenvalue weighted by Crippen LogP contribution is -1.91. The van der Waals surface area contributed by atoms with Crippen LogP contribution in [0.2, 0.25) is 0 Å². The van der Waals surface area contributed by atoms with Crippen LogP contribution in [0.5, 0.6) is 0 Å². The molecule has 0 atom stereocenters. The van der Waals surface area contributed by atoms with E-state index in [4.69, 9.17) is 0 Å². The molecule has 1 nitrogen and oxygen atoms in total. The van der Waals surface area contributed by atoms with Crippen molar-refractivity contribution in [2.45, 2.75) is 0 Å². The molecule has 0 spiro atoms. The lowest BCUT2D eigenvalue weighted by Gasteiger charge is -2.17. The molecule has 0 saturated heterocycles. The Morgan fingerprint density at radius 2 is 1.03 bits per heavy atom. The van der Waals surface area contributed by atoms with Gasteiger partial charge in [-0.15, -0.1) is 0 Å². The summed E-state index contributed by atoms with van der Waals surface area (Å²) in [6.45, 7) is 0. The number of fused-ring (bicyclic) bond motifs is 5. The van der Waals surface area contributed by atoms with Crippen molar-refractivity contribution >= 4 is 43.4 Å². The Hall–Kier alpha value is -4.36. The molecule has 0 fully saturated rings. The van der Waals surface area contributed by atoms with Crippen molar-refractivity contribution < 1.29 is 0 Å². The summed E-state index contributed by atoms with van der Waals surface area (Å²) in [4.78, 5) is 3.75. The molecule has 1 aromatic heterocycles. The van der Waals surface area contributed by atoms with Crippen molar-refractivity contribution in [3.05, 3.63) is 121 Å². The molecule has 0 aliphatic rings. The Morgan fingerprint density at radius 1 is 0.424 bits per heavy atom. The number of hydrogen-bond acceptors (Lipinski definition) is 0. The molecule has 0 aliphatic carbocycles. The summed E-state index contributed by atoms with van der Waals surface area (Å²) in [5.74, 6) is 0. The molecule has 0 bridgehead atoms. The van der Waals surface area contributed by atoms with Crippen LogP contribution >= 0.6 is 0 Å². The second kappa shape index (κ2) is 7.08. The highest BCUT2D eigenvalue weighted by Gasteiger charge is 2.18. The predicted molar refractivity (Wildman–Crippen MR) is 142 cm³/mol. The van der Waals surface area contributed by atoms with Gasteiger partial charge in [-0.1, -0.05) is 109 Å². The second-order valence-corrected chi connectivity index (χ2v) is 8.64. The second-order valence-electron chi connectivity index (χ2n) is 8.64. The van der Waals surface area contributed by atoms with Crippen LogP contribution in [0.15, 0.2) is 121 Å². The third-order valence-corrected chi connectivity index (χ3v) is 6.79. The van der Waals surface area contributed by atoms with Crippen LogP contribution in [0.4, 0.5) is 0 Å². The SMILES string of the molecule is c1ccc(-c2c(-c3c4ccccc4cc4ccccc34)ccc3c2[nH]c2ccccc23)cc1. The minimum atomic E-state index is 1.17. The van der Waals surface area contributed by atoms with Gasteiger partial charge in [0.1, 0.15) is 0 Å². The van der Waals surface area contributed by atoms with Gasteiger partial charge in [0.2, 0.25) is 0 Å². The van der Waals surface area contributed by atoms with Crippen LogP contribution in [-0.4, -0.2) is 4.98 Å². The van der Waals surface area contributed by atoms with Crippen LogP contribution in [0.1, 0.15) is 0 Å². The van der Waals surface area contributed by atoms with Crippen molar-refractivity contribution in [2.24, 2.45) is 0 Å². The first-order valence-electron chi connectivity index (χ1n) is 11.4. The monoisotopic (exact) mass is 419 g/mol. The number of benzene rings is 6. The molecule has 7 aromatic rings. The lowest BCUT2D eigenvalue weighted by atomic mass is 9.86. The van der Waals surface area contributed by atoms with Crippen LogP contribution in [0, 0.1) is 0 Å². The van der Waals surface area contributed by atoms with Crippen LogP contribution in [-0.2, 0) is 0 Å². The summed E-state index contributed by atoms with van der Waals surface area (Å²) >= 11 is 0. The summed E-state index contributed by atoms with van der Waals surface area (Å²) < 4.78 is 0. The van der Waals surface area contributed by atoms with E-state index in [1.54, 1.807) is 0 Å². The van der Waals surface area contributed by atoms with Crippen LogP contribution in [0.3, 0.4) is 0 Å². The van der Waals surface area contributed by atoms with E-state index in [9.17, 15) is 0 Å². The average Bonchev–Trinajstić information content (AvgIpc) is 3.26. The van der Waals surface area contributed by atoms with Crippen molar-refractivity contribution in [3.8, 4) is 22.3 Å². The highest BCUT2D eigenvalue weighted by atomic mass is 14.7. The van der Waals surface area contributed by atoms with Gasteiger partial charge in [-0.2, -0.15) is 0 Å². The number of rotatable bonds is 2. The molecule has 6 aromatic carbocycles. The van der Waals surface area contributed by atoms with E-state index in [1.807, 2.05) is 0 Å². The van der Waals surface area contributed by atoms with Crippen molar-refractivity contribution in [1.82, 2.24) is 4.98 Å². The number of H-pyrrole nitrogens is 1. The minimum absolute atomic E-state index is 1.17. The van der Waals surface area contributed by atoms with Gasteiger partial charge in [0.25, 0.3) is 0 Å². The van der Waals surface area contributed by atoms with Gasteiger partial charge < -0.3 is 4.98 Å². The fourth-order valence-corrected chi connectivity index (χ4v) is 5.34. The summed E-state index contributed by atoms with van der Waals surface area (Å²) in [5, 5.41) is 7.62. The number of hydrogen-bond donors (Lipinski definition) is 1. The maximum absolute atomic E-state index is 3.75. The minimum Gasteiger partial charge on any atom is -0.354 e. The molecule has 0 saturated carbocycles. The van der Waals surface area contributed by atoms with E-state index >= 15 is 0 Å². The summed E-state index contributed by atoms with van der Waals surface area (Å²) in [7, 11) is 0. The average molecular weight is 420 g/mol. The smallest absolute Gasteiger partial charge is 0.0550 e. The molecule has 7 rings (SSSR count). The van der Waals surface area contributed by atoms with Crippen LogP contribution in [0.25, 0.3) is 65.6 Å². The molecule has 0 amide bonds. The highest BCUT2D eigenvalue weighted by Crippen LogP contribution is 2.45. The standard InChI is InChI=1S/C32H21N/c1-2-10-21(11-3-1)30-28(19-18-27-26-16-8-9-17-29(26)33-32(27)30)31-24-14-6-4-12-22(24)20-23-13-5-7-15-25(23)31/h1-20,33H. The lowest BCUT2D eigenvalue weighted by molar-refractivity contribution is 1.53. The molecule has 0 aliphatic heterocycles. The van der Waals surface area contributed by atoms with E-state index in [1.165, 1.54) is 65.6 Å². The van der Waals surface area contributed by atoms with Gasteiger partial charge in [0.15, 0.2) is 0 Å². The Balaban J connectivity index is 1.71. The number of aromatic nitrogens is 1. The van der Waals surface area contributed by atoms with Gasteiger partial charge in [-0.3, -0.25) is 0 Å². The highest BCUT2D eigenvalue weighted by molar-refractivity contribution is 6.20. The molecule has 0 radical (unpaired) electrons. The number of para-hydroxylation sites is 1. The van der Waals surface area contributed by atoms with Crippen molar-refractivity contribution in [1.29, 1.82) is 0 Å². The van der Waals surface area contributed by atoms with E-state index in [-0.39, 0.29) is 0 Å². The Bertz CT molecular complexity index is 1750. The first-order valence-corrected chi connectivity index (χ1v) is 11.4. The maximum Gasteiger partial charge on any atom is 0.0550 e. The molecule has 1 N–H and O–H groups in total. The molecular formula is C32H21N. The summed E-state index contributed by atoms with van der Waals surface area (Å²) in [6.07, 6.45) is 0. The molecule has 154 valence electrons. The van der Waals surface area contributed by atoms with E-state index in [0.717, 1.165) is 0 Å². The van der Waals surface area contributed by atoms with E-state index in [0.29, 0.717) is 0 Å². The Morgan fingerprint density at radius 3 is 1.76 bits per heavy atom. The van der Waals surface area contributed by atoms with Gasteiger partial charge in [0, 0.05) is 21.9 Å². The molecular weight excluding hydrogens is 398 g/mol. The maximum atomic E-state index is 3.75. The topological polar surface area (TPSA) is 15.8 Å². The summed E-state index contributed by atoms with van der Waals surface area (Å²) in [6, 6.07) is 43.7. The zero-order chi connectivity index (χ0) is 21.8. The quantitative estimate of drug-likeness (QED) is 0.269. The van der Waals surface area contributed by atoms with Gasteiger partial charge >= 0.3 is 0 Å². The van der Waals surface area contributed by atoms with E-state index in [2.05, 4.69) is 126 Å². The largest absolute Gasteiger partial charge is 0.354 e. The van der Waals surface area contributed by atoms with Crippen LogP contribution < -0.4 is 0 Å². The van der Waals surface area contributed by atoms with Gasteiger partial charge in [0.05, 0.1) is 5.52 Å². The Kier molecular flexibility index (Phi) is 3.91. The van der Waals surface area contributed by atoms with Crippen molar-refractivity contribution in [3.63, 3.8) is 0 Å². The molecule has 0 unspecified atom stereocenters. The molecule has 33 heavy (non-hydrogen) atoms. The predicted octanol–water partition coefficient (Wildman–Crippen LogP) is 8.96. The molecule has 1 heterocycles. The summed E-state index contributed by atoms with van der Waals surface area (Å²) in [5.41, 5.74) is 7.39. The zero-order valence-corrected chi connectivity index (χ0v) is 18.0. The first kappa shape index (κ1) is 18.2. The number of nitrogens with one attached hydrogen (secondary N) is 1. The van der Waals surface area contributed by atoms with Gasteiger partial charge in [-0.05, 0) is 50.4 Å². The van der Waals surface area contributed by atoms with Crippen molar-refractivity contribution in [2.75, 3.05) is 0 Å². The fraction of sp³-hybridized carbons (Fsp3) is 0. The van der Waals surface area contributed by atoms with Gasteiger partial charge in [-0.25, -0.2) is 0 Å². The Labute approximate surface area is 191 Å². The number of aromatic amines is 1. The first-order chi connectivity index (χ1) is 16.4. The third kappa shape index (κ3) is 2.73. The zero-order valence-electron chi connectivity index (χ0n) is 18.0.